The first-order chi connectivity index (χ1) is 17.7. The van der Waals surface area contributed by atoms with Crippen molar-refractivity contribution in [1.29, 1.82) is 0 Å². The van der Waals surface area contributed by atoms with Crippen molar-refractivity contribution in [3.63, 3.8) is 0 Å². The van der Waals surface area contributed by atoms with Crippen molar-refractivity contribution in [2.45, 2.75) is 25.4 Å². The predicted octanol–water partition coefficient (Wildman–Crippen LogP) is 5.92. The van der Waals surface area contributed by atoms with Crippen molar-refractivity contribution in [3.8, 4) is 0 Å². The molecule has 0 bridgehead atoms. The normalized spacial score (nSPS) is 19.5. The fourth-order valence-corrected chi connectivity index (χ4v) is 5.88. The van der Waals surface area contributed by atoms with E-state index < -0.39 is 5.54 Å². The van der Waals surface area contributed by atoms with E-state index in [0.717, 1.165) is 39.9 Å². The zero-order valence-corrected chi connectivity index (χ0v) is 23.5. The molecule has 0 aromatic heterocycles. The number of carbonyl (C=O) groups is 2. The number of hydrogen-bond donors (Lipinski definition) is 2. The first kappa shape index (κ1) is 26.0. The van der Waals surface area contributed by atoms with Crippen molar-refractivity contribution in [1.82, 2.24) is 9.80 Å². The Morgan fingerprint density at radius 1 is 1.03 bits per heavy atom. The quantitative estimate of drug-likeness (QED) is 0.368. The van der Waals surface area contributed by atoms with Crippen LogP contribution in [0.1, 0.15) is 23.6 Å². The van der Waals surface area contributed by atoms with Crippen molar-refractivity contribution >= 4 is 62.3 Å². The molecule has 1 fully saturated rings. The number of carbonyl (C=O) groups excluding carboxylic acids is 2. The zero-order chi connectivity index (χ0) is 26.2. The van der Waals surface area contributed by atoms with Crippen LogP contribution in [0.2, 0.25) is 10.0 Å². The lowest BCUT2D eigenvalue weighted by Gasteiger charge is -2.35. The molecule has 1 unspecified atom stereocenters. The zero-order valence-electron chi connectivity index (χ0n) is 20.4. The van der Waals surface area contributed by atoms with E-state index in [-0.39, 0.29) is 11.8 Å². The Labute approximate surface area is 235 Å². The molecule has 2 amide bonds. The molecule has 9 heteroatoms. The van der Waals surface area contributed by atoms with E-state index in [0.29, 0.717) is 41.8 Å². The summed E-state index contributed by atoms with van der Waals surface area (Å²) in [5.74, 6) is -0.0367. The van der Waals surface area contributed by atoms with Crippen LogP contribution >= 0.6 is 39.1 Å². The first-order valence-corrected chi connectivity index (χ1v) is 13.7. The first-order valence-electron chi connectivity index (χ1n) is 12.1. The third-order valence-electron chi connectivity index (χ3n) is 7.07. The molecule has 1 saturated heterocycles. The molecule has 0 saturated carbocycles. The summed E-state index contributed by atoms with van der Waals surface area (Å²) in [6.07, 6.45) is 0.400. The van der Waals surface area contributed by atoms with Crippen molar-refractivity contribution in [3.05, 3.63) is 91.9 Å². The monoisotopic (exact) mass is 600 g/mol. The van der Waals surface area contributed by atoms with Gasteiger partial charge in [0.1, 0.15) is 5.54 Å². The number of halogens is 3. The van der Waals surface area contributed by atoms with Gasteiger partial charge in [0.2, 0.25) is 5.91 Å². The van der Waals surface area contributed by atoms with Crippen LogP contribution in [-0.4, -0.2) is 47.8 Å². The third-order valence-corrected chi connectivity index (χ3v) is 8.03. The summed E-state index contributed by atoms with van der Waals surface area (Å²) in [4.78, 5) is 29.7. The highest BCUT2D eigenvalue weighted by Crippen LogP contribution is 2.43. The van der Waals surface area contributed by atoms with Gasteiger partial charge in [-0.3, -0.25) is 14.5 Å². The second kappa shape index (κ2) is 10.7. The average Bonchev–Trinajstić information content (AvgIpc) is 3.11. The molecular weight excluding hydrogens is 575 g/mol. The van der Waals surface area contributed by atoms with Crippen LogP contribution in [0.3, 0.4) is 0 Å². The molecule has 0 aliphatic carbocycles. The minimum Gasteiger partial charge on any atom is -0.367 e. The lowest BCUT2D eigenvalue weighted by Crippen LogP contribution is -2.48. The molecule has 2 aliphatic rings. The Kier molecular flexibility index (Phi) is 7.50. The molecule has 0 radical (unpaired) electrons. The largest absolute Gasteiger partial charge is 0.367 e. The molecule has 3 aromatic carbocycles. The number of amides is 2. The van der Waals surface area contributed by atoms with Crippen LogP contribution in [-0.2, 0) is 28.1 Å². The smallest absolute Gasteiger partial charge is 0.255 e. The third kappa shape index (κ3) is 5.50. The van der Waals surface area contributed by atoms with Gasteiger partial charge in [0.15, 0.2) is 0 Å². The summed E-state index contributed by atoms with van der Waals surface area (Å²) >= 11 is 16.2. The molecule has 1 atom stereocenters. The van der Waals surface area contributed by atoms with Gasteiger partial charge in [-0.05, 0) is 47.5 Å². The van der Waals surface area contributed by atoms with E-state index in [4.69, 9.17) is 23.2 Å². The van der Waals surface area contributed by atoms with E-state index in [9.17, 15) is 9.59 Å². The fourth-order valence-electron chi connectivity index (χ4n) is 5.13. The predicted molar refractivity (Wildman–Crippen MR) is 152 cm³/mol. The number of rotatable bonds is 6. The van der Waals surface area contributed by atoms with Crippen molar-refractivity contribution in [2.24, 2.45) is 0 Å². The topological polar surface area (TPSA) is 64.7 Å². The molecular formula is C28H27BrCl2N4O2. The minimum absolute atomic E-state index is 0.111. The minimum atomic E-state index is -1.06. The number of fused-ring (bicyclic) bond motifs is 1. The maximum atomic E-state index is 13.7. The summed E-state index contributed by atoms with van der Waals surface area (Å²) in [5, 5.41) is 7.87. The van der Waals surface area contributed by atoms with Crippen LogP contribution in [0.25, 0.3) is 0 Å². The average molecular weight is 602 g/mol. The Morgan fingerprint density at radius 3 is 2.51 bits per heavy atom. The summed E-state index contributed by atoms with van der Waals surface area (Å²) in [6.45, 7) is 5.33. The van der Waals surface area contributed by atoms with Gasteiger partial charge in [-0.15, -0.1) is 0 Å². The Bertz CT molecular complexity index is 1360. The summed E-state index contributed by atoms with van der Waals surface area (Å²) in [6, 6.07) is 19.2. The summed E-state index contributed by atoms with van der Waals surface area (Å²) < 4.78 is 0.910. The number of nitrogens with one attached hydrogen (secondary N) is 2. The van der Waals surface area contributed by atoms with E-state index in [2.05, 4.69) is 37.5 Å². The van der Waals surface area contributed by atoms with Gasteiger partial charge in [-0.1, -0.05) is 63.4 Å². The molecule has 5 rings (SSSR count). The SMILES string of the molecule is CC(=O)N1CCN(Cc2ccc(Br)cc2NC2(Cc3cccc(Cl)c3)C(=O)Nc3cc(Cl)ccc32)CC1. The highest BCUT2D eigenvalue weighted by molar-refractivity contribution is 9.10. The maximum absolute atomic E-state index is 13.7. The Hall–Kier alpha value is -2.58. The van der Waals surface area contributed by atoms with E-state index in [1.165, 1.54) is 0 Å². The van der Waals surface area contributed by atoms with Crippen molar-refractivity contribution in [2.75, 3.05) is 36.8 Å². The molecule has 2 N–H and O–H groups in total. The van der Waals surface area contributed by atoms with Crippen LogP contribution in [0.4, 0.5) is 11.4 Å². The van der Waals surface area contributed by atoms with Gasteiger partial charge in [0.05, 0.1) is 0 Å². The van der Waals surface area contributed by atoms with Gasteiger partial charge in [-0.25, -0.2) is 0 Å². The Morgan fingerprint density at radius 2 is 1.78 bits per heavy atom. The highest BCUT2D eigenvalue weighted by Gasteiger charge is 2.47. The fraction of sp³-hybridized carbons (Fsp3) is 0.286. The molecule has 3 aromatic rings. The van der Waals surface area contributed by atoms with Crippen LogP contribution in [0.15, 0.2) is 65.1 Å². The van der Waals surface area contributed by atoms with Gasteiger partial charge >= 0.3 is 0 Å². The maximum Gasteiger partial charge on any atom is 0.255 e. The highest BCUT2D eigenvalue weighted by atomic mass is 79.9. The van der Waals surface area contributed by atoms with E-state index in [1.807, 2.05) is 53.4 Å². The van der Waals surface area contributed by atoms with E-state index in [1.54, 1.807) is 13.0 Å². The lowest BCUT2D eigenvalue weighted by atomic mass is 9.84. The molecule has 0 spiro atoms. The van der Waals surface area contributed by atoms with Crippen molar-refractivity contribution < 1.29 is 9.59 Å². The molecule has 2 aliphatic heterocycles. The molecule has 2 heterocycles. The van der Waals surface area contributed by atoms with Gasteiger partial charge < -0.3 is 15.5 Å². The van der Waals surface area contributed by atoms with Crippen LogP contribution < -0.4 is 10.6 Å². The number of benzene rings is 3. The number of hydrogen-bond acceptors (Lipinski definition) is 4. The van der Waals surface area contributed by atoms with Crippen LogP contribution in [0.5, 0.6) is 0 Å². The molecule has 192 valence electrons. The van der Waals surface area contributed by atoms with E-state index >= 15 is 0 Å². The standard InChI is InChI=1S/C28H27BrCl2N4O2/c1-18(36)35-11-9-34(10-12-35)17-20-5-6-21(29)14-25(20)33-28(16-19-3-2-4-22(30)13-19)24-8-7-23(31)15-26(24)32-27(28)37/h2-8,13-15,33H,9-12,16-17H2,1H3,(H,32,37). The number of nitrogens with zero attached hydrogens (tertiary/aromatic N) is 2. The van der Waals surface area contributed by atoms with Gasteiger partial charge in [0.25, 0.3) is 5.91 Å². The molecule has 6 nitrogen and oxygen atoms in total. The van der Waals surface area contributed by atoms with Gasteiger partial charge in [-0.2, -0.15) is 0 Å². The number of anilines is 2. The summed E-state index contributed by atoms with van der Waals surface area (Å²) in [7, 11) is 0. The second-order valence-electron chi connectivity index (χ2n) is 9.56. The molecule has 37 heavy (non-hydrogen) atoms. The second-order valence-corrected chi connectivity index (χ2v) is 11.4. The number of piperazine rings is 1. The van der Waals surface area contributed by atoms with Gasteiger partial charge in [0, 0.05) is 77.5 Å². The Balaban J connectivity index is 1.51. The lowest BCUT2D eigenvalue weighted by molar-refractivity contribution is -0.130. The van der Waals surface area contributed by atoms with Crippen LogP contribution in [0, 0.1) is 0 Å². The summed E-state index contributed by atoms with van der Waals surface area (Å²) in [5.41, 5.74) is 3.35.